The molecule has 1 nitrogen and oxygen atoms in total. The van der Waals surface area contributed by atoms with Gasteiger partial charge in [0.05, 0.1) is 0 Å². The van der Waals surface area contributed by atoms with Crippen molar-refractivity contribution >= 4 is 33.2 Å². The maximum Gasteiger partial charge on any atom is 0.0440 e. The number of aryl methyl sites for hydroxylation is 1. The van der Waals surface area contributed by atoms with E-state index in [0.717, 1.165) is 22.3 Å². The summed E-state index contributed by atoms with van der Waals surface area (Å²) in [7, 11) is 0. The minimum atomic E-state index is 0.553. The molecule has 0 heterocycles. The van der Waals surface area contributed by atoms with Gasteiger partial charge in [-0.3, -0.25) is 0 Å². The average molecular weight is 351 g/mol. The molecule has 0 amide bonds. The van der Waals surface area contributed by atoms with Crippen molar-refractivity contribution in [2.24, 2.45) is 0 Å². The Hall–Kier alpha value is -0.990. The summed E-state index contributed by atoms with van der Waals surface area (Å²) in [6.45, 7) is 2.11. The van der Waals surface area contributed by atoms with E-state index >= 15 is 0 Å². The highest BCUT2D eigenvalue weighted by molar-refractivity contribution is 9.10. The van der Waals surface area contributed by atoms with Crippen molar-refractivity contribution < 1.29 is 0 Å². The molecule has 1 aliphatic carbocycles. The van der Waals surface area contributed by atoms with Crippen molar-refractivity contribution in [3.8, 4) is 0 Å². The third-order valence-corrected chi connectivity index (χ3v) is 5.25. The zero-order valence-electron chi connectivity index (χ0n) is 11.4. The highest BCUT2D eigenvalue weighted by Crippen LogP contribution is 2.41. The lowest BCUT2D eigenvalue weighted by atomic mass is 9.76. The van der Waals surface area contributed by atoms with E-state index in [9.17, 15) is 0 Å². The van der Waals surface area contributed by atoms with Crippen LogP contribution in [0.5, 0.6) is 0 Å². The molecule has 2 aromatic carbocycles. The zero-order chi connectivity index (χ0) is 14.1. The van der Waals surface area contributed by atoms with E-state index in [1.165, 1.54) is 16.8 Å². The number of anilines is 1. The Morgan fingerprint density at radius 3 is 2.60 bits per heavy atom. The molecule has 1 N–H and O–H groups in total. The fraction of sp³-hybridized carbons (Fsp3) is 0.294. The maximum atomic E-state index is 6.25. The third kappa shape index (κ3) is 2.87. The number of hydrogen-bond donors (Lipinski definition) is 1. The average Bonchev–Trinajstić information content (AvgIpc) is 2.39. The number of rotatable bonds is 3. The van der Waals surface area contributed by atoms with Gasteiger partial charge in [-0.15, -0.1) is 0 Å². The molecule has 0 aromatic heterocycles. The Morgan fingerprint density at radius 1 is 1.15 bits per heavy atom. The summed E-state index contributed by atoms with van der Waals surface area (Å²) in [5, 5.41) is 4.50. The standard InChI is InChI=1S/C17H17BrClN/c1-11-8-13(6-7-16(11)18)20-14-9-12(10-14)15-4-2-3-5-17(15)19/h2-8,12,14,20H,9-10H2,1H3. The molecule has 0 bridgehead atoms. The van der Waals surface area contributed by atoms with Gasteiger partial charge in [0.2, 0.25) is 0 Å². The van der Waals surface area contributed by atoms with Crippen molar-refractivity contribution in [2.45, 2.75) is 31.7 Å². The highest BCUT2D eigenvalue weighted by atomic mass is 79.9. The molecule has 0 unspecified atom stereocenters. The number of benzene rings is 2. The van der Waals surface area contributed by atoms with Crippen LogP contribution in [0, 0.1) is 6.92 Å². The van der Waals surface area contributed by atoms with Crippen LogP contribution in [0.1, 0.15) is 29.9 Å². The first kappa shape index (κ1) is 14.0. The summed E-state index contributed by atoms with van der Waals surface area (Å²) in [4.78, 5) is 0. The SMILES string of the molecule is Cc1cc(NC2CC(c3ccccc3Cl)C2)ccc1Br. The van der Waals surface area contributed by atoms with Crippen molar-refractivity contribution in [3.05, 3.63) is 63.1 Å². The summed E-state index contributed by atoms with van der Waals surface area (Å²) in [5.74, 6) is 0.595. The minimum absolute atomic E-state index is 0.553. The Morgan fingerprint density at radius 2 is 1.90 bits per heavy atom. The Kier molecular flexibility index (Phi) is 4.04. The van der Waals surface area contributed by atoms with Gasteiger partial charge in [-0.1, -0.05) is 45.7 Å². The predicted octanol–water partition coefficient (Wildman–Crippen LogP) is 5.77. The molecule has 3 heteroatoms. The van der Waals surface area contributed by atoms with Crippen LogP contribution in [0.15, 0.2) is 46.9 Å². The van der Waals surface area contributed by atoms with E-state index in [2.05, 4.69) is 58.5 Å². The van der Waals surface area contributed by atoms with Crippen molar-refractivity contribution in [2.75, 3.05) is 5.32 Å². The lowest BCUT2D eigenvalue weighted by Crippen LogP contribution is -2.34. The van der Waals surface area contributed by atoms with Crippen LogP contribution in [-0.2, 0) is 0 Å². The second kappa shape index (κ2) is 5.79. The summed E-state index contributed by atoms with van der Waals surface area (Å²) in [6, 6.07) is 15.2. The molecule has 1 saturated carbocycles. The minimum Gasteiger partial charge on any atom is -0.382 e. The van der Waals surface area contributed by atoms with Gasteiger partial charge in [0, 0.05) is 21.2 Å². The van der Waals surface area contributed by atoms with Gasteiger partial charge in [-0.05, 0) is 61.1 Å². The molecule has 2 aromatic rings. The molecule has 0 radical (unpaired) electrons. The molecule has 0 spiro atoms. The van der Waals surface area contributed by atoms with Crippen LogP contribution in [0.2, 0.25) is 5.02 Å². The fourth-order valence-electron chi connectivity index (χ4n) is 2.77. The lowest BCUT2D eigenvalue weighted by molar-refractivity contribution is 0.374. The van der Waals surface area contributed by atoms with Crippen LogP contribution in [-0.4, -0.2) is 6.04 Å². The van der Waals surface area contributed by atoms with Gasteiger partial charge in [-0.25, -0.2) is 0 Å². The van der Waals surface area contributed by atoms with Gasteiger partial charge < -0.3 is 5.32 Å². The van der Waals surface area contributed by atoms with Crippen LogP contribution < -0.4 is 5.32 Å². The molecule has 0 atom stereocenters. The molecule has 0 aliphatic heterocycles. The predicted molar refractivity (Wildman–Crippen MR) is 89.7 cm³/mol. The summed E-state index contributed by atoms with van der Waals surface area (Å²) < 4.78 is 1.16. The molecule has 1 fully saturated rings. The van der Waals surface area contributed by atoms with Crippen LogP contribution in [0.4, 0.5) is 5.69 Å². The molecule has 20 heavy (non-hydrogen) atoms. The highest BCUT2D eigenvalue weighted by Gasteiger charge is 2.31. The van der Waals surface area contributed by atoms with Crippen molar-refractivity contribution in [3.63, 3.8) is 0 Å². The van der Waals surface area contributed by atoms with Gasteiger partial charge in [0.25, 0.3) is 0 Å². The first-order valence-corrected chi connectivity index (χ1v) is 8.07. The summed E-state index contributed by atoms with van der Waals surface area (Å²) in [6.07, 6.45) is 2.30. The van der Waals surface area contributed by atoms with Gasteiger partial charge in [0.15, 0.2) is 0 Å². The summed E-state index contributed by atoms with van der Waals surface area (Å²) >= 11 is 9.78. The first-order chi connectivity index (χ1) is 9.63. The second-order valence-electron chi connectivity index (χ2n) is 5.50. The number of halogens is 2. The van der Waals surface area contributed by atoms with Crippen LogP contribution in [0.3, 0.4) is 0 Å². The van der Waals surface area contributed by atoms with E-state index in [-0.39, 0.29) is 0 Å². The van der Waals surface area contributed by atoms with Crippen LogP contribution >= 0.6 is 27.5 Å². The van der Waals surface area contributed by atoms with Gasteiger partial charge in [0.1, 0.15) is 0 Å². The topological polar surface area (TPSA) is 12.0 Å². The molecular formula is C17H17BrClN. The maximum absolute atomic E-state index is 6.25. The van der Waals surface area contributed by atoms with Crippen LogP contribution in [0.25, 0.3) is 0 Å². The first-order valence-electron chi connectivity index (χ1n) is 6.90. The second-order valence-corrected chi connectivity index (χ2v) is 6.76. The lowest BCUT2D eigenvalue weighted by Gasteiger charge is -2.37. The van der Waals surface area contributed by atoms with Crippen molar-refractivity contribution in [1.29, 1.82) is 0 Å². The largest absolute Gasteiger partial charge is 0.382 e. The molecular weight excluding hydrogens is 334 g/mol. The quantitative estimate of drug-likeness (QED) is 0.741. The Bertz CT molecular complexity index is 620. The number of hydrogen-bond acceptors (Lipinski definition) is 1. The van der Waals surface area contributed by atoms with Gasteiger partial charge in [-0.2, -0.15) is 0 Å². The van der Waals surface area contributed by atoms with E-state index in [1.807, 2.05) is 12.1 Å². The van der Waals surface area contributed by atoms with E-state index in [4.69, 9.17) is 11.6 Å². The van der Waals surface area contributed by atoms with E-state index in [0.29, 0.717) is 12.0 Å². The zero-order valence-corrected chi connectivity index (χ0v) is 13.7. The van der Waals surface area contributed by atoms with Gasteiger partial charge >= 0.3 is 0 Å². The Balaban J connectivity index is 1.61. The number of nitrogens with one attached hydrogen (secondary N) is 1. The monoisotopic (exact) mass is 349 g/mol. The normalized spacial score (nSPS) is 21.4. The molecule has 1 aliphatic rings. The van der Waals surface area contributed by atoms with Crippen molar-refractivity contribution in [1.82, 2.24) is 0 Å². The summed E-state index contributed by atoms with van der Waals surface area (Å²) in [5.41, 5.74) is 3.75. The smallest absolute Gasteiger partial charge is 0.0440 e. The molecule has 0 saturated heterocycles. The molecule has 104 valence electrons. The van der Waals surface area contributed by atoms with E-state index < -0.39 is 0 Å². The molecule has 3 rings (SSSR count). The Labute approximate surface area is 133 Å². The third-order valence-electron chi connectivity index (χ3n) is 4.01. The fourth-order valence-corrected chi connectivity index (χ4v) is 3.30. The van der Waals surface area contributed by atoms with E-state index in [1.54, 1.807) is 0 Å².